The largest absolute Gasteiger partial charge is 0.481 e. The van der Waals surface area contributed by atoms with E-state index in [1.807, 2.05) is 0 Å². The van der Waals surface area contributed by atoms with Gasteiger partial charge in [0.15, 0.2) is 0 Å². The summed E-state index contributed by atoms with van der Waals surface area (Å²) in [6, 6.07) is 15.5. The highest BCUT2D eigenvalue weighted by Crippen LogP contribution is 2.51. The Kier molecular flexibility index (Phi) is 10.0. The normalized spacial score (nSPS) is 17.8. The highest BCUT2D eigenvalue weighted by molar-refractivity contribution is 5.75. The molecule has 0 amide bonds. The molecule has 4 rings (SSSR count). The average Bonchev–Trinajstić information content (AvgIpc) is 3.18. The first-order valence-electron chi connectivity index (χ1n) is 16.1. The van der Waals surface area contributed by atoms with E-state index in [0.717, 1.165) is 61.5 Å². The molecule has 1 unspecified atom stereocenters. The number of carboxylic acids is 1. The van der Waals surface area contributed by atoms with Crippen molar-refractivity contribution >= 4 is 17.7 Å². The number of hydrogen-bond donors (Lipinski definition) is 1. The van der Waals surface area contributed by atoms with Gasteiger partial charge in [-0.1, -0.05) is 64.0 Å². The Bertz CT molecular complexity index is 1550. The molecular formula is C38H51N2O3+. The molecule has 43 heavy (non-hydrogen) atoms. The van der Waals surface area contributed by atoms with Crippen LogP contribution in [-0.2, 0) is 15.6 Å². The summed E-state index contributed by atoms with van der Waals surface area (Å²) >= 11 is 0. The van der Waals surface area contributed by atoms with Crippen molar-refractivity contribution in [2.24, 2.45) is 0 Å². The fourth-order valence-electron chi connectivity index (χ4n) is 6.32. The molecule has 0 fully saturated rings. The Morgan fingerprint density at radius 2 is 1.79 bits per heavy atom. The van der Waals surface area contributed by atoms with Crippen molar-refractivity contribution in [2.45, 2.75) is 98.3 Å². The number of benzene rings is 2. The average molecular weight is 584 g/mol. The Morgan fingerprint density at radius 1 is 1.05 bits per heavy atom. The van der Waals surface area contributed by atoms with Gasteiger partial charge in [0.25, 0.3) is 0 Å². The van der Waals surface area contributed by atoms with E-state index in [2.05, 4.69) is 126 Å². The molecule has 3 aliphatic rings. The van der Waals surface area contributed by atoms with Crippen LogP contribution in [0, 0.1) is 6.92 Å². The first-order chi connectivity index (χ1) is 20.4. The minimum Gasteiger partial charge on any atom is -0.481 e. The summed E-state index contributed by atoms with van der Waals surface area (Å²) in [6.07, 6.45) is 10.5. The van der Waals surface area contributed by atoms with Crippen molar-refractivity contribution < 1.29 is 14.3 Å². The van der Waals surface area contributed by atoms with Crippen LogP contribution >= 0.6 is 0 Å². The van der Waals surface area contributed by atoms with Crippen LogP contribution in [0.5, 0.6) is 0 Å². The van der Waals surface area contributed by atoms with Gasteiger partial charge in [0.2, 0.25) is 5.36 Å². The van der Waals surface area contributed by atoms with Crippen LogP contribution in [0.25, 0.3) is 17.4 Å². The molecule has 1 aromatic carbocycles. The minimum absolute atomic E-state index is 0.134. The van der Waals surface area contributed by atoms with Crippen molar-refractivity contribution in [3.05, 3.63) is 88.1 Å². The van der Waals surface area contributed by atoms with E-state index in [-0.39, 0.29) is 17.3 Å². The number of allylic oxidation sites excluding steroid dienone is 3. The summed E-state index contributed by atoms with van der Waals surface area (Å²) in [7, 11) is 0. The molecule has 1 atom stereocenters. The van der Waals surface area contributed by atoms with Crippen LogP contribution in [0.4, 0.5) is 5.69 Å². The van der Waals surface area contributed by atoms with Gasteiger partial charge >= 0.3 is 5.97 Å². The summed E-state index contributed by atoms with van der Waals surface area (Å²) in [4.78, 5) is 13.9. The number of rotatable bonds is 11. The summed E-state index contributed by atoms with van der Waals surface area (Å²) in [5, 5.41) is 10.6. The molecule has 0 bridgehead atoms. The van der Waals surface area contributed by atoms with E-state index < -0.39 is 5.97 Å². The van der Waals surface area contributed by atoms with Gasteiger partial charge in [-0.15, -0.1) is 0 Å². The SMILES string of the molecule is CCCCN1/C(=C/C=C/c2cc(C(C)(C)C)oc3cc(=[N+](CC)CC)ccc2-3)C(C)(CCCC(=O)O)c2cc(C)ccc21. The zero-order chi connectivity index (χ0) is 31.4. The Balaban J connectivity index is 1.85. The van der Waals surface area contributed by atoms with E-state index in [0.29, 0.717) is 6.42 Å². The minimum atomic E-state index is -0.737. The number of nitrogens with zero attached hydrogens (tertiary/aromatic N) is 2. The molecule has 5 nitrogen and oxygen atoms in total. The van der Waals surface area contributed by atoms with Crippen molar-refractivity contribution in [1.82, 2.24) is 4.58 Å². The van der Waals surface area contributed by atoms with Gasteiger partial charge in [0, 0.05) is 46.8 Å². The van der Waals surface area contributed by atoms with E-state index in [4.69, 9.17) is 4.42 Å². The molecular weight excluding hydrogens is 532 g/mol. The summed E-state index contributed by atoms with van der Waals surface area (Å²) in [6.45, 7) is 20.4. The van der Waals surface area contributed by atoms with Crippen molar-refractivity contribution in [3.8, 4) is 11.3 Å². The van der Waals surface area contributed by atoms with E-state index in [1.165, 1.54) is 27.9 Å². The maximum atomic E-state index is 11.4. The predicted molar refractivity (Wildman–Crippen MR) is 180 cm³/mol. The molecule has 5 heteroatoms. The maximum absolute atomic E-state index is 11.4. The molecule has 1 aromatic rings. The lowest BCUT2D eigenvalue weighted by Crippen LogP contribution is -2.29. The fraction of sp³-hybridized carbons (Fsp3) is 0.474. The standard InChI is InChI=1S/C38H50N2O3/c1-9-12-23-40-32-21-18-27(4)24-31(32)38(8,22-14-17-36(41)42)34(40)16-13-15-28-25-35(37(5,6)7)43-33-26-29(19-20-30(28)33)39(10-2)11-3/h13,15-16,18-21,24-26H,9-12,14,17,22-23H2,1-8H3/p+1. The first-order valence-corrected chi connectivity index (χ1v) is 16.1. The lowest BCUT2D eigenvalue weighted by atomic mass is 9.76. The fourth-order valence-corrected chi connectivity index (χ4v) is 6.32. The number of aryl methyl sites for hydroxylation is 1. The van der Waals surface area contributed by atoms with Crippen molar-refractivity contribution in [1.29, 1.82) is 0 Å². The molecule has 2 heterocycles. The number of fused-ring (bicyclic) bond motifs is 2. The number of anilines is 1. The monoisotopic (exact) mass is 583 g/mol. The topological polar surface area (TPSA) is 56.7 Å². The van der Waals surface area contributed by atoms with Crippen LogP contribution in [0.3, 0.4) is 0 Å². The Morgan fingerprint density at radius 3 is 2.44 bits per heavy atom. The van der Waals surface area contributed by atoms with Gasteiger partial charge < -0.3 is 14.4 Å². The summed E-state index contributed by atoms with van der Waals surface area (Å²) in [5.41, 5.74) is 6.85. The number of aliphatic carboxylic acids is 1. The first kappa shape index (κ1) is 32.3. The molecule has 0 saturated heterocycles. The molecule has 1 aliphatic carbocycles. The van der Waals surface area contributed by atoms with E-state index in [9.17, 15) is 9.90 Å². The number of hydrogen-bond acceptors (Lipinski definition) is 3. The highest BCUT2D eigenvalue weighted by Gasteiger charge is 2.42. The van der Waals surface area contributed by atoms with Gasteiger partial charge in [-0.05, 0) is 82.4 Å². The lowest BCUT2D eigenvalue weighted by molar-refractivity contribution is -0.137. The third kappa shape index (κ3) is 6.98. The van der Waals surface area contributed by atoms with Crippen LogP contribution < -0.4 is 14.8 Å². The summed E-state index contributed by atoms with van der Waals surface area (Å²) < 4.78 is 8.85. The maximum Gasteiger partial charge on any atom is 0.303 e. The van der Waals surface area contributed by atoms with Gasteiger partial charge in [-0.25, -0.2) is 4.58 Å². The highest BCUT2D eigenvalue weighted by atomic mass is 16.4. The molecule has 2 aliphatic heterocycles. The van der Waals surface area contributed by atoms with Gasteiger partial charge in [0.1, 0.15) is 24.6 Å². The molecule has 0 aromatic heterocycles. The number of carbonyl (C=O) groups is 1. The second-order valence-electron chi connectivity index (χ2n) is 13.2. The van der Waals surface area contributed by atoms with Crippen LogP contribution in [0.2, 0.25) is 0 Å². The molecule has 1 N–H and O–H groups in total. The van der Waals surface area contributed by atoms with E-state index in [1.54, 1.807) is 0 Å². The molecule has 0 radical (unpaired) electrons. The zero-order valence-corrected chi connectivity index (χ0v) is 27.6. The van der Waals surface area contributed by atoms with Gasteiger partial charge in [-0.2, -0.15) is 0 Å². The van der Waals surface area contributed by atoms with Crippen LogP contribution in [0.1, 0.15) is 103 Å². The van der Waals surface area contributed by atoms with Crippen molar-refractivity contribution in [3.63, 3.8) is 0 Å². The van der Waals surface area contributed by atoms with Gasteiger partial charge in [-0.3, -0.25) is 4.79 Å². The second-order valence-corrected chi connectivity index (χ2v) is 13.2. The Hall–Kier alpha value is -3.60. The van der Waals surface area contributed by atoms with E-state index >= 15 is 0 Å². The quantitative estimate of drug-likeness (QED) is 0.230. The van der Waals surface area contributed by atoms with Crippen LogP contribution in [0.15, 0.2) is 64.7 Å². The predicted octanol–water partition coefficient (Wildman–Crippen LogP) is 8.53. The molecule has 0 saturated carbocycles. The second kappa shape index (κ2) is 13.4. The zero-order valence-electron chi connectivity index (χ0n) is 27.6. The summed E-state index contributed by atoms with van der Waals surface area (Å²) in [5.74, 6) is 1.12. The third-order valence-electron chi connectivity index (χ3n) is 8.88. The number of carboxylic acid groups (broad SMARTS) is 1. The lowest BCUT2D eigenvalue weighted by Gasteiger charge is -2.30. The third-order valence-corrected chi connectivity index (χ3v) is 8.88. The molecule has 230 valence electrons. The molecule has 0 spiro atoms. The number of unbranched alkanes of at least 4 members (excludes halogenated alkanes) is 1. The Labute approximate surface area is 258 Å². The smallest absolute Gasteiger partial charge is 0.303 e. The van der Waals surface area contributed by atoms with Crippen LogP contribution in [-0.4, -0.2) is 30.7 Å². The van der Waals surface area contributed by atoms with Crippen molar-refractivity contribution in [2.75, 3.05) is 24.5 Å². The van der Waals surface area contributed by atoms with Gasteiger partial charge in [0.05, 0.1) is 6.07 Å².